The fourth-order valence-corrected chi connectivity index (χ4v) is 1.89. The third-order valence-corrected chi connectivity index (χ3v) is 2.86. The van der Waals surface area contributed by atoms with E-state index in [0.717, 1.165) is 16.6 Å². The molecule has 0 bridgehead atoms. The molecule has 3 aromatic rings. The molecule has 0 saturated heterocycles. The molecule has 0 aliphatic heterocycles. The van der Waals surface area contributed by atoms with Gasteiger partial charge in [-0.25, -0.2) is 0 Å². The molecule has 6 nitrogen and oxygen atoms in total. The van der Waals surface area contributed by atoms with Gasteiger partial charge < -0.3 is 9.73 Å². The van der Waals surface area contributed by atoms with Gasteiger partial charge in [0.05, 0.1) is 17.6 Å². The molecule has 20 heavy (non-hydrogen) atoms. The van der Waals surface area contributed by atoms with Crippen LogP contribution in [-0.2, 0) is 6.54 Å². The third kappa shape index (κ3) is 2.50. The summed E-state index contributed by atoms with van der Waals surface area (Å²) in [7, 11) is 0. The topological polar surface area (TPSA) is 76.7 Å². The van der Waals surface area contributed by atoms with E-state index < -0.39 is 0 Å². The average molecular weight is 269 g/mol. The molecule has 3 rings (SSSR count). The Balaban J connectivity index is 1.95. The van der Waals surface area contributed by atoms with Crippen LogP contribution in [0.2, 0.25) is 0 Å². The summed E-state index contributed by atoms with van der Waals surface area (Å²) in [6.45, 7) is 4.69. The van der Waals surface area contributed by atoms with Crippen molar-refractivity contribution in [3.63, 3.8) is 0 Å². The smallest absolute Gasteiger partial charge is 0.250 e. The molecule has 2 heterocycles. The predicted molar refractivity (Wildman–Crippen MR) is 74.8 cm³/mol. The Labute approximate surface area is 116 Å². The van der Waals surface area contributed by atoms with Gasteiger partial charge in [-0.2, -0.15) is 0 Å². The number of hydrogen-bond donors (Lipinski definition) is 1. The monoisotopic (exact) mass is 269 g/mol. The van der Waals surface area contributed by atoms with Crippen molar-refractivity contribution in [1.82, 2.24) is 25.5 Å². The molecular weight excluding hydrogens is 254 g/mol. The number of fused-ring (bicyclic) bond motifs is 1. The lowest BCUT2D eigenvalue weighted by atomic mass is 10.2. The first-order valence-corrected chi connectivity index (χ1v) is 6.50. The molecule has 1 aromatic carbocycles. The molecule has 0 unspecified atom stereocenters. The molecule has 0 aliphatic carbocycles. The van der Waals surface area contributed by atoms with Gasteiger partial charge in [0, 0.05) is 18.4 Å². The molecule has 0 spiro atoms. The van der Waals surface area contributed by atoms with E-state index in [2.05, 4.69) is 39.3 Å². The van der Waals surface area contributed by atoms with Crippen LogP contribution in [0.5, 0.6) is 0 Å². The number of benzene rings is 1. The van der Waals surface area contributed by atoms with Gasteiger partial charge in [-0.05, 0) is 12.1 Å². The maximum atomic E-state index is 5.68. The lowest BCUT2D eigenvalue weighted by molar-refractivity contribution is 0.459. The number of hydrogen-bond acceptors (Lipinski definition) is 6. The van der Waals surface area contributed by atoms with Gasteiger partial charge in [0.25, 0.3) is 0 Å². The summed E-state index contributed by atoms with van der Waals surface area (Å²) < 4.78 is 5.68. The largest absolute Gasteiger partial charge is 0.419 e. The molecule has 0 atom stereocenters. The molecule has 0 radical (unpaired) electrons. The van der Waals surface area contributed by atoms with Gasteiger partial charge in [-0.1, -0.05) is 19.9 Å². The van der Waals surface area contributed by atoms with Crippen molar-refractivity contribution in [2.24, 2.45) is 0 Å². The third-order valence-electron chi connectivity index (χ3n) is 2.86. The van der Waals surface area contributed by atoms with E-state index in [4.69, 9.17) is 4.42 Å². The Morgan fingerprint density at radius 3 is 2.85 bits per heavy atom. The number of aromatic nitrogens is 4. The van der Waals surface area contributed by atoms with E-state index in [1.54, 1.807) is 12.4 Å². The van der Waals surface area contributed by atoms with E-state index in [-0.39, 0.29) is 0 Å². The van der Waals surface area contributed by atoms with Crippen LogP contribution < -0.4 is 5.32 Å². The number of para-hydroxylation sites is 1. The van der Waals surface area contributed by atoms with Crippen molar-refractivity contribution in [2.45, 2.75) is 26.4 Å². The van der Waals surface area contributed by atoms with Crippen molar-refractivity contribution in [1.29, 1.82) is 0 Å². The lowest BCUT2D eigenvalue weighted by Gasteiger charge is -2.03. The van der Waals surface area contributed by atoms with Gasteiger partial charge in [0.2, 0.25) is 11.8 Å². The average Bonchev–Trinajstić information content (AvgIpc) is 2.93. The molecule has 0 saturated carbocycles. The molecule has 1 N–H and O–H groups in total. The van der Waals surface area contributed by atoms with Crippen LogP contribution in [0.1, 0.15) is 19.7 Å². The Kier molecular flexibility index (Phi) is 3.39. The second kappa shape index (κ2) is 5.34. The summed E-state index contributed by atoms with van der Waals surface area (Å²) in [4.78, 5) is 8.60. The summed E-state index contributed by atoms with van der Waals surface area (Å²) in [5.41, 5.74) is 2.38. The molecule has 102 valence electrons. The van der Waals surface area contributed by atoms with Gasteiger partial charge in [-0.3, -0.25) is 9.97 Å². The van der Waals surface area contributed by atoms with Crippen molar-refractivity contribution in [3.05, 3.63) is 36.5 Å². The van der Waals surface area contributed by atoms with E-state index >= 15 is 0 Å². The fraction of sp³-hybridized carbons (Fsp3) is 0.286. The van der Waals surface area contributed by atoms with Crippen LogP contribution in [0.25, 0.3) is 22.5 Å². The van der Waals surface area contributed by atoms with Crippen LogP contribution in [0.15, 0.2) is 35.0 Å². The van der Waals surface area contributed by atoms with Crippen LogP contribution in [0.3, 0.4) is 0 Å². The Bertz CT molecular complexity index is 717. The number of nitrogens with zero attached hydrogens (tertiary/aromatic N) is 4. The zero-order chi connectivity index (χ0) is 13.9. The molecular formula is C14H15N5O. The summed E-state index contributed by atoms with van der Waals surface area (Å²) in [6, 6.07) is 6.09. The quantitative estimate of drug-likeness (QED) is 0.782. The zero-order valence-corrected chi connectivity index (χ0v) is 11.4. The molecule has 6 heteroatoms. The van der Waals surface area contributed by atoms with E-state index in [0.29, 0.717) is 24.4 Å². The SMILES string of the molecule is CC(C)NCc1nnc(-c2cccc3nccnc23)o1. The van der Waals surface area contributed by atoms with Crippen molar-refractivity contribution < 1.29 is 4.42 Å². The molecule has 0 fully saturated rings. The molecule has 0 aliphatic rings. The summed E-state index contributed by atoms with van der Waals surface area (Å²) in [5.74, 6) is 1.03. The highest BCUT2D eigenvalue weighted by Crippen LogP contribution is 2.24. The minimum Gasteiger partial charge on any atom is -0.419 e. The molecule has 2 aromatic heterocycles. The van der Waals surface area contributed by atoms with Crippen molar-refractivity contribution in [3.8, 4) is 11.5 Å². The summed E-state index contributed by atoms with van der Waals surface area (Å²) >= 11 is 0. The number of rotatable bonds is 4. The van der Waals surface area contributed by atoms with Crippen LogP contribution in [-0.4, -0.2) is 26.2 Å². The Morgan fingerprint density at radius 1 is 1.15 bits per heavy atom. The normalized spacial score (nSPS) is 11.3. The Morgan fingerprint density at radius 2 is 2.00 bits per heavy atom. The maximum absolute atomic E-state index is 5.68. The number of nitrogens with one attached hydrogen (secondary N) is 1. The van der Waals surface area contributed by atoms with Gasteiger partial charge in [0.15, 0.2) is 0 Å². The van der Waals surface area contributed by atoms with Crippen LogP contribution in [0, 0.1) is 0 Å². The van der Waals surface area contributed by atoms with Crippen molar-refractivity contribution >= 4 is 11.0 Å². The predicted octanol–water partition coefficient (Wildman–Crippen LogP) is 2.18. The van der Waals surface area contributed by atoms with Gasteiger partial charge in [-0.15, -0.1) is 10.2 Å². The van der Waals surface area contributed by atoms with Crippen molar-refractivity contribution in [2.75, 3.05) is 0 Å². The first-order valence-electron chi connectivity index (χ1n) is 6.50. The second-order valence-electron chi connectivity index (χ2n) is 4.77. The van der Waals surface area contributed by atoms with E-state index in [9.17, 15) is 0 Å². The standard InChI is InChI=1S/C14H15N5O/c1-9(2)17-8-12-18-19-14(20-12)10-4-3-5-11-13(10)16-7-6-15-11/h3-7,9,17H,8H2,1-2H3. The highest BCUT2D eigenvalue weighted by Gasteiger charge is 2.12. The van der Waals surface area contributed by atoms with Gasteiger partial charge in [0.1, 0.15) is 5.52 Å². The second-order valence-corrected chi connectivity index (χ2v) is 4.77. The first-order chi connectivity index (χ1) is 9.74. The van der Waals surface area contributed by atoms with E-state index in [1.165, 1.54) is 0 Å². The highest BCUT2D eigenvalue weighted by molar-refractivity contribution is 5.88. The maximum Gasteiger partial charge on any atom is 0.250 e. The summed E-state index contributed by atoms with van der Waals surface area (Å²) in [6.07, 6.45) is 3.32. The first kappa shape index (κ1) is 12.7. The zero-order valence-electron chi connectivity index (χ0n) is 11.4. The van der Waals surface area contributed by atoms with E-state index in [1.807, 2.05) is 18.2 Å². The molecule has 0 amide bonds. The highest BCUT2D eigenvalue weighted by atomic mass is 16.4. The summed E-state index contributed by atoms with van der Waals surface area (Å²) in [5, 5.41) is 11.4. The van der Waals surface area contributed by atoms with Crippen LogP contribution >= 0.6 is 0 Å². The van der Waals surface area contributed by atoms with Gasteiger partial charge >= 0.3 is 0 Å². The van der Waals surface area contributed by atoms with Crippen LogP contribution in [0.4, 0.5) is 0 Å². The fourth-order valence-electron chi connectivity index (χ4n) is 1.89. The minimum atomic E-state index is 0.369. The minimum absolute atomic E-state index is 0.369. The lowest BCUT2D eigenvalue weighted by Crippen LogP contribution is -2.21. The Hall–Kier alpha value is -2.34.